The molecule has 0 N–H and O–H groups in total. The fourth-order valence-corrected chi connectivity index (χ4v) is 0.662. The fourth-order valence-electron chi connectivity index (χ4n) is 0.662. The van der Waals surface area contributed by atoms with Crippen LogP contribution in [0.4, 0.5) is 0 Å². The van der Waals surface area contributed by atoms with Gasteiger partial charge >= 0.3 is 23.1 Å². The van der Waals surface area contributed by atoms with Gasteiger partial charge in [-0.1, -0.05) is 0 Å². The van der Waals surface area contributed by atoms with Crippen molar-refractivity contribution in [3.63, 3.8) is 0 Å². The van der Waals surface area contributed by atoms with Crippen molar-refractivity contribution < 1.29 is 28.7 Å². The molecule has 0 spiro atoms. The van der Waals surface area contributed by atoms with Gasteiger partial charge < -0.3 is 35.6 Å². The first-order valence-corrected chi connectivity index (χ1v) is 2.65. The van der Waals surface area contributed by atoms with E-state index in [1.165, 1.54) is 0 Å². The molecule has 0 amide bonds. The van der Waals surface area contributed by atoms with Crippen LogP contribution in [-0.4, -0.2) is 41.1 Å². The number of hydrogen-bond acceptors (Lipinski definition) is 2. The van der Waals surface area contributed by atoms with Crippen LogP contribution < -0.4 is 24.0 Å². The molecular weight excluding hydrogens is 253 g/mol. The van der Waals surface area contributed by atoms with Crippen molar-refractivity contribution in [3.05, 3.63) is 6.92 Å². The molecule has 1 heterocycles. The topological polar surface area (TPSA) is 21.6 Å². The molecule has 0 fully saturated rings. The molecule has 10 heavy (non-hydrogen) atoms. The monoisotopic (exact) mass is 263 g/mol. The quantitative estimate of drug-likeness (QED) is 0.272. The smallest absolute Gasteiger partial charge is 1.00 e. The Morgan fingerprint density at radius 3 is 2.20 bits per heavy atom. The van der Waals surface area contributed by atoms with E-state index >= 15 is 0 Å². The maximum atomic E-state index is 5.01. The summed E-state index contributed by atoms with van der Waals surface area (Å²) in [6.45, 7) is 8.27. The van der Waals surface area contributed by atoms with Crippen molar-refractivity contribution in [1.29, 1.82) is 0 Å². The van der Waals surface area contributed by atoms with Crippen LogP contribution in [0.15, 0.2) is 4.99 Å². The molecule has 0 atom stereocenters. The maximum absolute atomic E-state index is 5.01. The second-order valence-corrected chi connectivity index (χ2v) is 2.61. The molecule has 0 aromatic heterocycles. The Morgan fingerprint density at radius 1 is 1.60 bits per heavy atom. The van der Waals surface area contributed by atoms with E-state index in [2.05, 4.69) is 11.9 Å². The summed E-state index contributed by atoms with van der Waals surface area (Å²) >= 11 is 0. The summed E-state index contributed by atoms with van der Waals surface area (Å²) in [5.74, 6) is 0.565. The molecule has 0 unspecified atom stereocenters. The largest absolute Gasteiger partial charge is 2.00 e. The molecule has 0 aromatic rings. The molecular formula is C6H10IMgNO. The van der Waals surface area contributed by atoms with E-state index in [1.807, 2.05) is 13.8 Å². The van der Waals surface area contributed by atoms with Crippen LogP contribution in [0.25, 0.3) is 0 Å². The van der Waals surface area contributed by atoms with Gasteiger partial charge in [-0.05, 0) is 13.8 Å². The number of rotatable bonds is 0. The summed E-state index contributed by atoms with van der Waals surface area (Å²) in [6, 6.07) is 0. The molecule has 54 valence electrons. The Balaban J connectivity index is 0. The predicted molar refractivity (Wildman–Crippen MR) is 38.6 cm³/mol. The van der Waals surface area contributed by atoms with Gasteiger partial charge in [0.15, 0.2) is 0 Å². The van der Waals surface area contributed by atoms with Crippen LogP contribution in [0.1, 0.15) is 13.8 Å². The molecule has 1 aliphatic rings. The van der Waals surface area contributed by atoms with Gasteiger partial charge in [0.25, 0.3) is 0 Å². The maximum Gasteiger partial charge on any atom is 2.00 e. The molecule has 0 aromatic carbocycles. The first-order chi connectivity index (χ1) is 3.60. The van der Waals surface area contributed by atoms with E-state index in [0.29, 0.717) is 12.5 Å². The van der Waals surface area contributed by atoms with Gasteiger partial charge in [-0.15, -0.1) is 0 Å². The fraction of sp³-hybridized carbons (Fsp3) is 0.667. The minimum absolute atomic E-state index is 0. The van der Waals surface area contributed by atoms with E-state index in [4.69, 9.17) is 4.74 Å². The molecule has 1 rings (SSSR count). The van der Waals surface area contributed by atoms with Crippen molar-refractivity contribution >= 4 is 29.0 Å². The third-order valence-corrected chi connectivity index (χ3v) is 1.02. The van der Waals surface area contributed by atoms with E-state index in [-0.39, 0.29) is 52.6 Å². The van der Waals surface area contributed by atoms with Crippen LogP contribution in [0.2, 0.25) is 0 Å². The van der Waals surface area contributed by atoms with Crippen LogP contribution in [0.5, 0.6) is 0 Å². The summed E-state index contributed by atoms with van der Waals surface area (Å²) in [5.41, 5.74) is -0.0307. The van der Waals surface area contributed by atoms with Gasteiger partial charge in [-0.25, -0.2) is 0 Å². The van der Waals surface area contributed by atoms with Crippen molar-refractivity contribution in [2.75, 3.05) is 6.61 Å². The average molecular weight is 263 g/mol. The van der Waals surface area contributed by atoms with Crippen LogP contribution >= 0.6 is 0 Å². The summed E-state index contributed by atoms with van der Waals surface area (Å²) < 4.78 is 5.01. The molecule has 0 aliphatic carbocycles. The molecule has 0 radical (unpaired) electrons. The molecule has 0 saturated carbocycles. The Kier molecular flexibility index (Phi) is 6.26. The summed E-state index contributed by atoms with van der Waals surface area (Å²) in [4.78, 5) is 4.10. The molecule has 4 heteroatoms. The summed E-state index contributed by atoms with van der Waals surface area (Å²) in [7, 11) is 0. The molecule has 0 saturated heterocycles. The Hall–Kier alpha value is 0.836. The first-order valence-electron chi connectivity index (χ1n) is 2.65. The van der Waals surface area contributed by atoms with E-state index in [1.54, 1.807) is 0 Å². The number of nitrogens with zero attached hydrogens (tertiary/aromatic N) is 1. The Labute approximate surface area is 95.0 Å². The third-order valence-electron chi connectivity index (χ3n) is 1.02. The SMILES string of the molecule is [CH2-]C1=NC(C)(C)CO1.[I-].[Mg+2]. The third kappa shape index (κ3) is 3.87. The second kappa shape index (κ2) is 4.66. The van der Waals surface area contributed by atoms with Gasteiger partial charge in [-0.2, -0.15) is 0 Å². The number of aliphatic imine (C=N–C) groups is 1. The molecule has 1 aliphatic heterocycles. The van der Waals surface area contributed by atoms with E-state index in [9.17, 15) is 0 Å². The normalized spacial score (nSPS) is 19.6. The summed E-state index contributed by atoms with van der Waals surface area (Å²) in [5, 5.41) is 0. The van der Waals surface area contributed by atoms with Gasteiger partial charge in [0.2, 0.25) is 0 Å². The zero-order valence-electron chi connectivity index (χ0n) is 6.35. The standard InChI is InChI=1S/C6H10NO.HI.Mg/c1-5-7-6(2,3)4-8-5;;/h1,4H2,2-3H3;1H;/q-1;;+2/p-1. The van der Waals surface area contributed by atoms with Gasteiger partial charge in [0.05, 0.1) is 5.54 Å². The van der Waals surface area contributed by atoms with Crippen LogP contribution in [-0.2, 0) is 4.74 Å². The Bertz CT molecular complexity index is 136. The van der Waals surface area contributed by atoms with Gasteiger partial charge in [0.1, 0.15) is 6.61 Å². The number of ether oxygens (including phenoxy) is 1. The van der Waals surface area contributed by atoms with Crippen LogP contribution in [0.3, 0.4) is 0 Å². The predicted octanol–water partition coefficient (Wildman–Crippen LogP) is -2.35. The van der Waals surface area contributed by atoms with Crippen molar-refractivity contribution in [2.45, 2.75) is 19.4 Å². The van der Waals surface area contributed by atoms with Crippen LogP contribution in [0, 0.1) is 6.92 Å². The number of hydrogen-bond donors (Lipinski definition) is 0. The van der Waals surface area contributed by atoms with Gasteiger partial charge in [-0.3, -0.25) is 4.99 Å². The van der Waals surface area contributed by atoms with E-state index < -0.39 is 0 Å². The minimum atomic E-state index is -0.0307. The number of halogens is 1. The average Bonchev–Trinajstić information content (AvgIpc) is 1.82. The van der Waals surface area contributed by atoms with Gasteiger partial charge in [0, 0.05) is 5.90 Å². The zero-order chi connectivity index (χ0) is 6.20. The summed E-state index contributed by atoms with van der Waals surface area (Å²) in [6.07, 6.45) is 0. The first kappa shape index (κ1) is 13.4. The second-order valence-electron chi connectivity index (χ2n) is 2.61. The Morgan fingerprint density at radius 2 is 2.10 bits per heavy atom. The van der Waals surface area contributed by atoms with Crippen molar-refractivity contribution in [2.24, 2.45) is 4.99 Å². The molecule has 2 nitrogen and oxygen atoms in total. The van der Waals surface area contributed by atoms with Crippen molar-refractivity contribution in [1.82, 2.24) is 0 Å². The minimum Gasteiger partial charge on any atom is -1.00 e. The van der Waals surface area contributed by atoms with E-state index in [0.717, 1.165) is 0 Å². The molecule has 0 bridgehead atoms. The zero-order valence-corrected chi connectivity index (χ0v) is 9.93. The van der Waals surface area contributed by atoms with Crippen molar-refractivity contribution in [3.8, 4) is 0 Å².